The van der Waals surface area contributed by atoms with Crippen LogP contribution in [-0.2, 0) is 23.9 Å². The van der Waals surface area contributed by atoms with Gasteiger partial charge in [0, 0.05) is 24.5 Å². The summed E-state index contributed by atoms with van der Waals surface area (Å²) < 4.78 is 37.8. The number of rotatable bonds is 8. The number of nitrogens with zero attached hydrogens (tertiary/aromatic N) is 2. The molecule has 4 aliphatic rings. The van der Waals surface area contributed by atoms with Crippen molar-refractivity contribution < 1.29 is 37.1 Å². The van der Waals surface area contributed by atoms with E-state index in [1.807, 2.05) is 31.7 Å². The number of piperidine rings is 1. The lowest BCUT2D eigenvalue weighted by atomic mass is 9.92. The van der Waals surface area contributed by atoms with E-state index in [1.165, 1.54) is 12.8 Å². The zero-order chi connectivity index (χ0) is 29.8. The highest BCUT2D eigenvalue weighted by Gasteiger charge is 2.62. The van der Waals surface area contributed by atoms with Gasteiger partial charge < -0.3 is 26.0 Å². The highest BCUT2D eigenvalue weighted by Crippen LogP contribution is 2.62. The zero-order valence-electron chi connectivity index (χ0n) is 23.1. The van der Waals surface area contributed by atoms with Crippen molar-refractivity contribution in [2.24, 2.45) is 28.9 Å². The normalized spacial score (nSPS) is 27.2. The number of nitriles is 1. The second-order valence-corrected chi connectivity index (χ2v) is 12.0. The molecule has 39 heavy (non-hydrogen) atoms. The van der Waals surface area contributed by atoms with Gasteiger partial charge in [0.05, 0.1) is 24.7 Å². The van der Waals surface area contributed by atoms with Crippen LogP contribution in [0.4, 0.5) is 13.2 Å². The number of ether oxygens (including phenoxy) is 1. The summed E-state index contributed by atoms with van der Waals surface area (Å²) in [6.07, 6.45) is 0.182. The van der Waals surface area contributed by atoms with Crippen LogP contribution in [-0.4, -0.2) is 72.1 Å². The maximum atomic E-state index is 12.1. The van der Waals surface area contributed by atoms with E-state index in [-0.39, 0.29) is 23.5 Å². The molecule has 4 N–H and O–H groups in total. The van der Waals surface area contributed by atoms with Gasteiger partial charge in [-0.2, -0.15) is 18.4 Å². The number of hydrogen-bond donors (Lipinski definition) is 3. The molecular weight excluding hydrogens is 519 g/mol. The Morgan fingerprint density at radius 2 is 1.79 bits per heavy atom. The van der Waals surface area contributed by atoms with Crippen LogP contribution in [0.3, 0.4) is 0 Å². The van der Waals surface area contributed by atoms with E-state index in [9.17, 15) is 27.6 Å². The number of amides is 4. The van der Waals surface area contributed by atoms with Crippen molar-refractivity contribution in [3.05, 3.63) is 0 Å². The van der Waals surface area contributed by atoms with Crippen LogP contribution in [0.2, 0.25) is 0 Å². The molecule has 4 unspecified atom stereocenters. The zero-order valence-corrected chi connectivity index (χ0v) is 23.1. The molecule has 0 aromatic heterocycles. The largest absolute Gasteiger partial charge is 0.470 e. The molecule has 13 heteroatoms. The summed E-state index contributed by atoms with van der Waals surface area (Å²) in [6.45, 7) is 12.5. The molecule has 2 saturated carbocycles. The minimum atomic E-state index is -4.86. The number of halogens is 3. The second kappa shape index (κ2) is 12.5. The first-order chi connectivity index (χ1) is 17.9. The molecule has 0 aromatic rings. The summed E-state index contributed by atoms with van der Waals surface area (Å²) in [5.41, 5.74) is 4.09. The van der Waals surface area contributed by atoms with E-state index in [4.69, 9.17) is 14.8 Å². The maximum Gasteiger partial charge on any atom is 0.470 e. The molecule has 2 aliphatic heterocycles. The Morgan fingerprint density at radius 3 is 2.18 bits per heavy atom. The molecule has 2 aliphatic carbocycles. The van der Waals surface area contributed by atoms with E-state index in [0.29, 0.717) is 43.1 Å². The lowest BCUT2D eigenvalue weighted by Gasteiger charge is -2.23. The molecule has 0 bridgehead atoms. The number of hydrogen-bond acceptors (Lipinski definition) is 6. The Kier molecular flexibility index (Phi) is 10.4. The van der Waals surface area contributed by atoms with Gasteiger partial charge in [-0.1, -0.05) is 13.8 Å². The molecule has 220 valence electrons. The Morgan fingerprint density at radius 1 is 1.26 bits per heavy atom. The summed E-state index contributed by atoms with van der Waals surface area (Å²) in [5, 5.41) is 14.0. The minimum Gasteiger partial charge on any atom is -0.375 e. The number of fused-ring (bicyclic) bond motifs is 1. The third kappa shape index (κ3) is 9.67. The van der Waals surface area contributed by atoms with Crippen LogP contribution in [0, 0.1) is 34.5 Å². The monoisotopic (exact) mass is 559 g/mol. The van der Waals surface area contributed by atoms with Crippen LogP contribution < -0.4 is 16.4 Å². The average molecular weight is 560 g/mol. The molecule has 4 rings (SSSR count). The van der Waals surface area contributed by atoms with Crippen molar-refractivity contribution in [3.63, 3.8) is 0 Å². The number of carbonyl (C=O) groups is 4. The summed E-state index contributed by atoms with van der Waals surface area (Å²) in [5.74, 6) is -0.670. The molecule has 0 radical (unpaired) electrons. The van der Waals surface area contributed by atoms with Gasteiger partial charge in [0.25, 0.3) is 0 Å². The first kappa shape index (κ1) is 32.3. The average Bonchev–Trinajstić information content (AvgIpc) is 3.58. The Balaban J connectivity index is 0.000000223. The predicted octanol–water partition coefficient (Wildman–Crippen LogP) is 2.02. The van der Waals surface area contributed by atoms with Gasteiger partial charge in [-0.25, -0.2) is 0 Å². The van der Waals surface area contributed by atoms with Gasteiger partial charge in [-0.05, 0) is 63.7 Å². The van der Waals surface area contributed by atoms with Gasteiger partial charge >= 0.3 is 12.1 Å². The molecule has 4 fully saturated rings. The van der Waals surface area contributed by atoms with Crippen LogP contribution in [0.15, 0.2) is 0 Å². The third-order valence-electron chi connectivity index (χ3n) is 7.70. The number of likely N-dealkylation sites (tertiary alicyclic amines) is 1. The highest BCUT2D eigenvalue weighted by molar-refractivity contribution is 5.82. The SMILES string of the molecule is CC1(C)CC(CC(C#N)NC=O)C(=O)N1.C[C@H](CC(=O)N1CC2C(C1)C2(C)C)OC1CC1.NC(=O)C(F)(F)F. The van der Waals surface area contributed by atoms with E-state index < -0.39 is 18.1 Å². The van der Waals surface area contributed by atoms with E-state index >= 15 is 0 Å². The van der Waals surface area contributed by atoms with E-state index in [2.05, 4.69) is 30.2 Å². The number of alkyl halides is 3. The Bertz CT molecular complexity index is 947. The fourth-order valence-corrected chi connectivity index (χ4v) is 5.20. The van der Waals surface area contributed by atoms with Gasteiger partial charge in [-0.15, -0.1) is 0 Å². The topological polar surface area (TPSA) is 155 Å². The summed E-state index contributed by atoms with van der Waals surface area (Å²) in [6, 6.07) is 1.38. The smallest absolute Gasteiger partial charge is 0.375 e. The van der Waals surface area contributed by atoms with Crippen molar-refractivity contribution >= 4 is 24.1 Å². The molecule has 2 heterocycles. The number of primary amides is 1. The van der Waals surface area contributed by atoms with Crippen molar-refractivity contribution in [1.29, 1.82) is 5.26 Å². The summed E-state index contributed by atoms with van der Waals surface area (Å²) in [7, 11) is 0. The summed E-state index contributed by atoms with van der Waals surface area (Å²) in [4.78, 5) is 45.0. The van der Waals surface area contributed by atoms with Crippen LogP contribution in [0.1, 0.15) is 66.7 Å². The van der Waals surface area contributed by atoms with Crippen LogP contribution in [0.5, 0.6) is 0 Å². The molecule has 0 spiro atoms. The summed E-state index contributed by atoms with van der Waals surface area (Å²) >= 11 is 0. The first-order valence-electron chi connectivity index (χ1n) is 13.1. The molecule has 5 atom stereocenters. The molecule has 10 nitrogen and oxygen atoms in total. The van der Waals surface area contributed by atoms with Gasteiger partial charge in [0.2, 0.25) is 18.2 Å². The molecule has 0 aromatic carbocycles. The van der Waals surface area contributed by atoms with E-state index in [0.717, 1.165) is 24.9 Å². The number of nitrogens with one attached hydrogen (secondary N) is 2. The standard InChI is InChI=1S/C14H23NO2.C10H15N3O2.C2H2F3NO/c1-9(17-10-4-5-10)6-13(16)15-7-11-12(8-15)14(11,2)3;1-10(2)4-7(9(15)13-10)3-8(5-11)12-6-14;3-2(4,5)1(6)7/h9-12H,4-8H2,1-3H3;6-8H,3-4H2,1-2H3,(H,12,14)(H,13,15);(H2,6,7)/t9-,11?,12?;;/m1../s1. The fraction of sp³-hybridized carbons (Fsp3) is 0.808. The Labute approximate surface area is 227 Å². The van der Waals surface area contributed by atoms with Crippen LogP contribution in [0.25, 0.3) is 0 Å². The molecular formula is C26H40F3N5O5. The maximum absolute atomic E-state index is 12.1. The predicted molar refractivity (Wildman–Crippen MR) is 134 cm³/mol. The van der Waals surface area contributed by atoms with Crippen molar-refractivity contribution in [2.75, 3.05) is 13.1 Å². The van der Waals surface area contributed by atoms with Crippen molar-refractivity contribution in [2.45, 2.75) is 96.7 Å². The fourth-order valence-electron chi connectivity index (χ4n) is 5.20. The highest BCUT2D eigenvalue weighted by atomic mass is 19.4. The Hall–Kier alpha value is -2.88. The number of carbonyl (C=O) groups excluding carboxylic acids is 4. The third-order valence-corrected chi connectivity index (χ3v) is 7.70. The lowest BCUT2D eigenvalue weighted by molar-refractivity contribution is -0.169. The van der Waals surface area contributed by atoms with Crippen molar-refractivity contribution in [3.8, 4) is 6.07 Å². The second-order valence-electron chi connectivity index (χ2n) is 12.0. The van der Waals surface area contributed by atoms with Crippen molar-refractivity contribution in [1.82, 2.24) is 15.5 Å². The van der Waals surface area contributed by atoms with Crippen LogP contribution >= 0.6 is 0 Å². The van der Waals surface area contributed by atoms with Gasteiger partial charge in [-0.3, -0.25) is 19.2 Å². The van der Waals surface area contributed by atoms with E-state index in [1.54, 1.807) is 0 Å². The first-order valence-corrected chi connectivity index (χ1v) is 13.1. The van der Waals surface area contributed by atoms with Gasteiger partial charge in [0.1, 0.15) is 6.04 Å². The minimum absolute atomic E-state index is 0.0343. The quantitative estimate of drug-likeness (QED) is 0.387. The lowest BCUT2D eigenvalue weighted by Crippen LogP contribution is -2.35. The number of nitrogens with two attached hydrogens (primary N) is 1. The molecule has 4 amide bonds. The van der Waals surface area contributed by atoms with Gasteiger partial charge in [0.15, 0.2) is 0 Å². The molecule has 2 saturated heterocycles.